The number of nitrogens with one attached hydrogen (secondary N) is 1. The van der Waals surface area contributed by atoms with E-state index in [9.17, 15) is 9.90 Å². The van der Waals surface area contributed by atoms with Crippen LogP contribution in [0.4, 0.5) is 10.6 Å². The van der Waals surface area contributed by atoms with Crippen LogP contribution in [-0.2, 0) is 0 Å². The zero-order chi connectivity index (χ0) is 14.6. The Morgan fingerprint density at radius 2 is 2.33 bits per heavy atom. The van der Waals surface area contributed by atoms with Gasteiger partial charge in [0.2, 0.25) is 0 Å². The van der Waals surface area contributed by atoms with Crippen molar-refractivity contribution >= 4 is 22.9 Å². The molecule has 2 fully saturated rings. The van der Waals surface area contributed by atoms with Crippen LogP contribution in [0, 0.1) is 5.41 Å². The maximum Gasteiger partial charge on any atom is 0.407 e. The van der Waals surface area contributed by atoms with Crippen LogP contribution in [0.15, 0.2) is 18.6 Å². The Bertz CT molecular complexity index is 708. The summed E-state index contributed by atoms with van der Waals surface area (Å²) in [7, 11) is 2.00. The molecule has 2 aromatic heterocycles. The zero-order valence-corrected chi connectivity index (χ0v) is 11.8. The Labute approximate surface area is 121 Å². The van der Waals surface area contributed by atoms with Gasteiger partial charge < -0.3 is 19.9 Å². The van der Waals surface area contributed by atoms with Gasteiger partial charge >= 0.3 is 6.09 Å². The Balaban J connectivity index is 1.70. The molecule has 1 amide bonds. The van der Waals surface area contributed by atoms with Crippen LogP contribution < -0.4 is 4.90 Å². The Morgan fingerprint density at radius 1 is 1.52 bits per heavy atom. The van der Waals surface area contributed by atoms with Crippen molar-refractivity contribution in [1.29, 1.82) is 0 Å². The van der Waals surface area contributed by atoms with Crippen molar-refractivity contribution in [2.45, 2.75) is 18.9 Å². The lowest BCUT2D eigenvalue weighted by Crippen LogP contribution is -2.40. The van der Waals surface area contributed by atoms with Gasteiger partial charge in [-0.1, -0.05) is 0 Å². The van der Waals surface area contributed by atoms with Crippen molar-refractivity contribution < 1.29 is 9.90 Å². The van der Waals surface area contributed by atoms with E-state index >= 15 is 0 Å². The summed E-state index contributed by atoms with van der Waals surface area (Å²) in [5.74, 6) is 0.866. The number of H-pyrrole nitrogens is 1. The molecule has 1 saturated heterocycles. The number of hydrogen-bond donors (Lipinski definition) is 2. The molecule has 1 aliphatic carbocycles. The first kappa shape index (κ1) is 12.4. The predicted molar refractivity (Wildman–Crippen MR) is 77.3 cm³/mol. The van der Waals surface area contributed by atoms with Gasteiger partial charge in [0, 0.05) is 31.7 Å². The number of amides is 1. The van der Waals surface area contributed by atoms with Crippen molar-refractivity contribution in [2.24, 2.45) is 5.41 Å². The highest BCUT2D eigenvalue weighted by Crippen LogP contribution is 2.54. The van der Waals surface area contributed by atoms with Gasteiger partial charge in [0.05, 0.1) is 11.4 Å². The van der Waals surface area contributed by atoms with Crippen molar-refractivity contribution in [2.75, 3.05) is 25.0 Å². The van der Waals surface area contributed by atoms with Crippen LogP contribution in [0.2, 0.25) is 0 Å². The van der Waals surface area contributed by atoms with Gasteiger partial charge in [0.1, 0.15) is 17.8 Å². The quantitative estimate of drug-likeness (QED) is 0.875. The van der Waals surface area contributed by atoms with Crippen molar-refractivity contribution in [3.63, 3.8) is 0 Å². The number of carbonyl (C=O) groups is 1. The number of aromatic nitrogens is 3. The van der Waals surface area contributed by atoms with E-state index in [4.69, 9.17) is 0 Å². The van der Waals surface area contributed by atoms with E-state index in [2.05, 4.69) is 19.9 Å². The van der Waals surface area contributed by atoms with Crippen molar-refractivity contribution in [3.05, 3.63) is 18.6 Å². The van der Waals surface area contributed by atoms with Gasteiger partial charge in [-0.05, 0) is 18.9 Å². The van der Waals surface area contributed by atoms with E-state index in [0.717, 1.165) is 29.7 Å². The third kappa shape index (κ3) is 1.76. The second-order valence-corrected chi connectivity index (χ2v) is 6.09. The van der Waals surface area contributed by atoms with Gasteiger partial charge in [-0.3, -0.25) is 0 Å². The molecule has 2 N–H and O–H groups in total. The van der Waals surface area contributed by atoms with Gasteiger partial charge in [-0.2, -0.15) is 0 Å². The number of fused-ring (bicyclic) bond motifs is 1. The van der Waals surface area contributed by atoms with Gasteiger partial charge in [-0.15, -0.1) is 0 Å². The molecule has 2 aliphatic rings. The molecule has 2 aromatic rings. The van der Waals surface area contributed by atoms with Crippen molar-refractivity contribution in [3.8, 4) is 0 Å². The first-order valence-electron chi connectivity index (χ1n) is 7.09. The van der Waals surface area contributed by atoms with Crippen LogP contribution in [0.25, 0.3) is 11.0 Å². The summed E-state index contributed by atoms with van der Waals surface area (Å²) >= 11 is 0. The smallest absolute Gasteiger partial charge is 0.407 e. The van der Waals surface area contributed by atoms with E-state index in [0.29, 0.717) is 13.1 Å². The van der Waals surface area contributed by atoms with E-state index in [1.807, 2.05) is 19.3 Å². The SMILES string of the molecule is CN(c1ncnc2[nH]ccc12)C1CN(C(=O)O)CC12CC2. The first-order chi connectivity index (χ1) is 10.1. The maximum absolute atomic E-state index is 11.3. The lowest BCUT2D eigenvalue weighted by atomic mass is 9.99. The van der Waals surface area contributed by atoms with Crippen LogP contribution in [-0.4, -0.2) is 57.2 Å². The summed E-state index contributed by atoms with van der Waals surface area (Å²) in [5, 5.41) is 10.2. The number of likely N-dealkylation sites (tertiary alicyclic amines) is 1. The summed E-state index contributed by atoms with van der Waals surface area (Å²) in [6, 6.07) is 2.14. The molecule has 110 valence electrons. The summed E-state index contributed by atoms with van der Waals surface area (Å²) < 4.78 is 0. The average Bonchev–Trinajstić information content (AvgIpc) is 2.92. The number of anilines is 1. The molecule has 7 nitrogen and oxygen atoms in total. The summed E-state index contributed by atoms with van der Waals surface area (Å²) in [5.41, 5.74) is 0.922. The van der Waals surface area contributed by atoms with Crippen LogP contribution in [0.5, 0.6) is 0 Å². The summed E-state index contributed by atoms with van der Waals surface area (Å²) in [6.07, 6.45) is 4.75. The van der Waals surface area contributed by atoms with E-state index in [1.165, 1.54) is 4.90 Å². The fourth-order valence-electron chi connectivity index (χ4n) is 3.57. The second kappa shape index (κ2) is 4.09. The number of aromatic amines is 1. The molecule has 1 spiro atoms. The molecule has 3 heterocycles. The molecule has 0 bridgehead atoms. The third-order valence-electron chi connectivity index (χ3n) is 4.90. The lowest BCUT2D eigenvalue weighted by molar-refractivity contribution is 0.153. The predicted octanol–water partition coefficient (Wildman–Crippen LogP) is 1.54. The number of hydrogen-bond acceptors (Lipinski definition) is 4. The van der Waals surface area contributed by atoms with Crippen LogP contribution in [0.3, 0.4) is 0 Å². The minimum absolute atomic E-state index is 0.112. The molecule has 7 heteroatoms. The molecular weight excluding hydrogens is 270 g/mol. The Morgan fingerprint density at radius 3 is 3.05 bits per heavy atom. The topological polar surface area (TPSA) is 85.4 Å². The number of nitrogens with zero attached hydrogens (tertiary/aromatic N) is 4. The minimum Gasteiger partial charge on any atom is -0.465 e. The molecule has 1 atom stereocenters. The fraction of sp³-hybridized carbons (Fsp3) is 0.500. The average molecular weight is 287 g/mol. The molecule has 0 radical (unpaired) electrons. The minimum atomic E-state index is -0.827. The summed E-state index contributed by atoms with van der Waals surface area (Å²) in [6.45, 7) is 1.18. The van der Waals surface area contributed by atoms with Crippen LogP contribution >= 0.6 is 0 Å². The normalized spacial score (nSPS) is 22.9. The zero-order valence-electron chi connectivity index (χ0n) is 11.8. The molecule has 21 heavy (non-hydrogen) atoms. The molecule has 1 unspecified atom stereocenters. The van der Waals surface area contributed by atoms with Gasteiger partial charge in [0.15, 0.2) is 0 Å². The monoisotopic (exact) mass is 287 g/mol. The van der Waals surface area contributed by atoms with E-state index < -0.39 is 6.09 Å². The Kier molecular flexibility index (Phi) is 2.42. The van der Waals surface area contributed by atoms with Gasteiger partial charge in [-0.25, -0.2) is 14.8 Å². The number of carboxylic acid groups (broad SMARTS) is 1. The number of rotatable bonds is 2. The van der Waals surface area contributed by atoms with E-state index in [1.54, 1.807) is 6.33 Å². The molecule has 1 aliphatic heterocycles. The molecule has 1 saturated carbocycles. The number of likely N-dealkylation sites (N-methyl/N-ethyl adjacent to an activating group) is 1. The van der Waals surface area contributed by atoms with E-state index in [-0.39, 0.29) is 11.5 Å². The molecule has 4 rings (SSSR count). The highest BCUT2D eigenvalue weighted by molar-refractivity contribution is 5.87. The standard InChI is InChI=1S/C14H17N5O2/c1-18(12-9-2-5-15-11(9)16-8-17-12)10-6-19(13(20)21)7-14(10)3-4-14/h2,5,8,10H,3-4,6-7H2,1H3,(H,20,21)(H,15,16,17). The molecular formula is C14H17N5O2. The fourth-order valence-corrected chi connectivity index (χ4v) is 3.57. The highest BCUT2D eigenvalue weighted by atomic mass is 16.4. The summed E-state index contributed by atoms with van der Waals surface area (Å²) in [4.78, 5) is 26.6. The second-order valence-electron chi connectivity index (χ2n) is 6.09. The lowest BCUT2D eigenvalue weighted by Gasteiger charge is -2.30. The molecule has 0 aromatic carbocycles. The first-order valence-corrected chi connectivity index (χ1v) is 7.09. The Hall–Kier alpha value is -2.31. The maximum atomic E-state index is 11.3. The third-order valence-corrected chi connectivity index (χ3v) is 4.90. The highest BCUT2D eigenvalue weighted by Gasteiger charge is 2.57. The van der Waals surface area contributed by atoms with Crippen molar-refractivity contribution in [1.82, 2.24) is 19.9 Å². The van der Waals surface area contributed by atoms with Gasteiger partial charge in [0.25, 0.3) is 0 Å². The van der Waals surface area contributed by atoms with Crippen LogP contribution in [0.1, 0.15) is 12.8 Å². The largest absolute Gasteiger partial charge is 0.465 e.